The minimum Gasteiger partial charge on any atom is -0.414 e. The van der Waals surface area contributed by atoms with Crippen LogP contribution < -0.4 is 0 Å². The van der Waals surface area contributed by atoms with Crippen LogP contribution in [0.4, 0.5) is 0 Å². The zero-order valence-corrected chi connectivity index (χ0v) is 20.7. The molecule has 36 heavy (non-hydrogen) atoms. The number of hydrogen-bond donors (Lipinski definition) is 0. The standard InChI is InChI=1S/C26H16N6O2S2/c1-13-6-8-19-17(10-13)27-25(35-19)23-31-29-21(33-23)15-4-3-5-16(12-15)22-30-32-24(34-22)26-28-18-11-14(2)7-9-20(18)36-26/h3-12H,1-2H3. The molecule has 0 amide bonds. The van der Waals surface area contributed by atoms with Crippen LogP contribution in [0, 0.1) is 13.8 Å². The monoisotopic (exact) mass is 508 g/mol. The fourth-order valence-electron chi connectivity index (χ4n) is 3.90. The molecule has 174 valence electrons. The maximum absolute atomic E-state index is 5.97. The third kappa shape index (κ3) is 3.67. The van der Waals surface area contributed by atoms with Crippen molar-refractivity contribution in [2.45, 2.75) is 13.8 Å². The van der Waals surface area contributed by atoms with Gasteiger partial charge in [-0.15, -0.1) is 43.1 Å². The van der Waals surface area contributed by atoms with Crippen LogP contribution in [-0.4, -0.2) is 30.4 Å². The molecule has 0 aliphatic carbocycles. The van der Waals surface area contributed by atoms with Crippen molar-refractivity contribution in [2.24, 2.45) is 0 Å². The number of fused-ring (bicyclic) bond motifs is 2. The Balaban J connectivity index is 1.19. The summed E-state index contributed by atoms with van der Waals surface area (Å²) in [7, 11) is 0. The Hall–Kier alpha value is -4.28. The number of hydrogen-bond acceptors (Lipinski definition) is 10. The third-order valence-electron chi connectivity index (χ3n) is 5.66. The highest BCUT2D eigenvalue weighted by Crippen LogP contribution is 2.34. The highest BCUT2D eigenvalue weighted by Gasteiger charge is 2.18. The zero-order valence-electron chi connectivity index (χ0n) is 19.1. The highest BCUT2D eigenvalue weighted by molar-refractivity contribution is 7.21. The van der Waals surface area contributed by atoms with Gasteiger partial charge in [0.2, 0.25) is 11.8 Å². The highest BCUT2D eigenvalue weighted by atomic mass is 32.1. The van der Waals surface area contributed by atoms with Gasteiger partial charge in [-0.25, -0.2) is 9.97 Å². The number of benzene rings is 3. The van der Waals surface area contributed by atoms with Gasteiger partial charge in [0.25, 0.3) is 11.8 Å². The summed E-state index contributed by atoms with van der Waals surface area (Å²) < 4.78 is 14.1. The molecule has 0 N–H and O–H groups in total. The van der Waals surface area contributed by atoms with E-state index >= 15 is 0 Å². The van der Waals surface area contributed by atoms with Gasteiger partial charge in [-0.1, -0.05) is 18.2 Å². The van der Waals surface area contributed by atoms with E-state index in [-0.39, 0.29) is 0 Å². The van der Waals surface area contributed by atoms with Crippen LogP contribution in [0.15, 0.2) is 69.5 Å². The van der Waals surface area contributed by atoms with E-state index in [1.807, 2.05) is 50.2 Å². The van der Waals surface area contributed by atoms with E-state index in [4.69, 9.17) is 8.83 Å². The molecular weight excluding hydrogens is 492 g/mol. The topological polar surface area (TPSA) is 104 Å². The van der Waals surface area contributed by atoms with Crippen molar-refractivity contribution in [3.63, 3.8) is 0 Å². The van der Waals surface area contributed by atoms with Crippen LogP contribution in [0.3, 0.4) is 0 Å². The number of aryl methyl sites for hydroxylation is 2. The summed E-state index contributed by atoms with van der Waals surface area (Å²) >= 11 is 3.05. The molecule has 0 bridgehead atoms. The summed E-state index contributed by atoms with van der Waals surface area (Å²) in [5.74, 6) is 1.56. The largest absolute Gasteiger partial charge is 0.414 e. The summed E-state index contributed by atoms with van der Waals surface area (Å²) in [4.78, 5) is 9.30. The van der Waals surface area contributed by atoms with Gasteiger partial charge in [0.05, 0.1) is 20.4 Å². The predicted molar refractivity (Wildman–Crippen MR) is 140 cm³/mol. The molecule has 7 aromatic rings. The summed E-state index contributed by atoms with van der Waals surface area (Å²) in [5.41, 5.74) is 5.66. The Morgan fingerprint density at radius 1 is 0.556 bits per heavy atom. The van der Waals surface area contributed by atoms with Crippen molar-refractivity contribution in [1.82, 2.24) is 30.4 Å². The Labute approximate surface area is 212 Å². The minimum atomic E-state index is 0.389. The van der Waals surface area contributed by atoms with Crippen LogP contribution in [0.25, 0.3) is 65.1 Å². The first kappa shape index (κ1) is 21.0. The van der Waals surface area contributed by atoms with Gasteiger partial charge in [0.15, 0.2) is 10.0 Å². The lowest BCUT2D eigenvalue weighted by Crippen LogP contribution is -1.82. The molecule has 0 radical (unpaired) electrons. The van der Waals surface area contributed by atoms with Crippen molar-refractivity contribution in [2.75, 3.05) is 0 Å². The van der Waals surface area contributed by atoms with Crippen LogP contribution >= 0.6 is 22.7 Å². The van der Waals surface area contributed by atoms with Gasteiger partial charge in [-0.05, 0) is 67.4 Å². The Morgan fingerprint density at radius 3 is 1.53 bits per heavy atom. The van der Waals surface area contributed by atoms with Gasteiger partial charge in [-0.3, -0.25) is 0 Å². The molecule has 0 saturated heterocycles. The maximum Gasteiger partial charge on any atom is 0.277 e. The van der Waals surface area contributed by atoms with Crippen molar-refractivity contribution in [1.29, 1.82) is 0 Å². The van der Waals surface area contributed by atoms with Gasteiger partial charge in [-0.2, -0.15) is 0 Å². The molecule has 0 fully saturated rings. The molecule has 4 aromatic heterocycles. The molecule has 0 aliphatic rings. The van der Waals surface area contributed by atoms with Crippen molar-refractivity contribution < 1.29 is 8.83 Å². The summed E-state index contributed by atoms with van der Waals surface area (Å²) in [5, 5.41) is 18.3. The number of aromatic nitrogens is 6. The van der Waals surface area contributed by atoms with Gasteiger partial charge in [0, 0.05) is 11.1 Å². The number of rotatable bonds is 4. The van der Waals surface area contributed by atoms with E-state index in [0.717, 1.165) is 42.7 Å². The molecule has 10 heteroatoms. The van der Waals surface area contributed by atoms with E-state index in [0.29, 0.717) is 33.6 Å². The average molecular weight is 509 g/mol. The van der Waals surface area contributed by atoms with E-state index < -0.39 is 0 Å². The molecule has 3 aromatic carbocycles. The van der Waals surface area contributed by atoms with Crippen LogP contribution in [0.5, 0.6) is 0 Å². The lowest BCUT2D eigenvalue weighted by molar-refractivity contribution is 0.582. The molecule has 8 nitrogen and oxygen atoms in total. The first-order valence-corrected chi connectivity index (χ1v) is 12.8. The number of nitrogens with zero attached hydrogens (tertiary/aromatic N) is 6. The summed E-state index contributed by atoms with van der Waals surface area (Å²) in [6.45, 7) is 4.09. The lowest BCUT2D eigenvalue weighted by atomic mass is 10.1. The molecule has 0 saturated carbocycles. The van der Waals surface area contributed by atoms with E-state index in [1.54, 1.807) is 0 Å². The molecule has 0 spiro atoms. The molecule has 0 unspecified atom stereocenters. The van der Waals surface area contributed by atoms with E-state index in [9.17, 15) is 0 Å². The second-order valence-electron chi connectivity index (χ2n) is 8.39. The van der Waals surface area contributed by atoms with Crippen molar-refractivity contribution >= 4 is 43.1 Å². The lowest BCUT2D eigenvalue weighted by Gasteiger charge is -1.98. The molecule has 0 atom stereocenters. The second-order valence-corrected chi connectivity index (χ2v) is 10.4. The Morgan fingerprint density at radius 2 is 1.03 bits per heavy atom. The third-order valence-corrected chi connectivity index (χ3v) is 7.71. The first-order chi connectivity index (χ1) is 17.6. The van der Waals surface area contributed by atoms with Crippen LogP contribution in [0.2, 0.25) is 0 Å². The minimum absolute atomic E-state index is 0.389. The fraction of sp³-hybridized carbons (Fsp3) is 0.0769. The second kappa shape index (κ2) is 8.14. The van der Waals surface area contributed by atoms with Crippen LogP contribution in [-0.2, 0) is 0 Å². The summed E-state index contributed by atoms with van der Waals surface area (Å²) in [6.07, 6.45) is 0. The quantitative estimate of drug-likeness (QED) is 0.251. The average Bonchev–Trinajstić information content (AvgIpc) is 3.68. The maximum atomic E-state index is 5.97. The number of thiazole rings is 2. The molecule has 7 rings (SSSR count). The Kier molecular flexibility index (Phi) is 4.76. The zero-order chi connectivity index (χ0) is 24.2. The fourth-order valence-corrected chi connectivity index (χ4v) is 5.63. The first-order valence-electron chi connectivity index (χ1n) is 11.1. The molecule has 0 aliphatic heterocycles. The predicted octanol–water partition coefficient (Wildman–Crippen LogP) is 6.96. The van der Waals surface area contributed by atoms with Crippen LogP contribution in [0.1, 0.15) is 11.1 Å². The van der Waals surface area contributed by atoms with E-state index in [1.165, 1.54) is 22.7 Å². The normalized spacial score (nSPS) is 11.6. The van der Waals surface area contributed by atoms with Gasteiger partial charge >= 0.3 is 0 Å². The molecular formula is C26H16N6O2S2. The SMILES string of the molecule is Cc1ccc2sc(-c3nnc(-c4cccc(-c5nnc(-c6nc7cc(C)ccc7s6)o5)c4)o3)nc2c1. The summed E-state index contributed by atoms with van der Waals surface area (Å²) in [6, 6.07) is 19.9. The van der Waals surface area contributed by atoms with E-state index in [2.05, 4.69) is 54.6 Å². The Bertz CT molecular complexity index is 1760. The van der Waals surface area contributed by atoms with Gasteiger partial charge in [0.1, 0.15) is 0 Å². The molecule has 4 heterocycles. The van der Waals surface area contributed by atoms with Crippen molar-refractivity contribution in [3.8, 4) is 44.7 Å². The van der Waals surface area contributed by atoms with Crippen molar-refractivity contribution in [3.05, 3.63) is 71.8 Å². The van der Waals surface area contributed by atoms with Gasteiger partial charge < -0.3 is 8.83 Å². The smallest absolute Gasteiger partial charge is 0.277 e.